The first-order valence-corrected chi connectivity index (χ1v) is 22.8. The van der Waals surface area contributed by atoms with E-state index in [1.165, 1.54) is 98.3 Å². The van der Waals surface area contributed by atoms with E-state index in [2.05, 4.69) is 231 Å². The number of aromatic nitrogens is 4. The van der Waals surface area contributed by atoms with Crippen LogP contribution in [0.1, 0.15) is 0 Å². The zero-order valence-electron chi connectivity index (χ0n) is 35.5. The van der Waals surface area contributed by atoms with Crippen molar-refractivity contribution in [2.45, 2.75) is 0 Å². The van der Waals surface area contributed by atoms with E-state index in [0.29, 0.717) is 0 Å². The average Bonchev–Trinajstić information content (AvgIpc) is 4.18. The van der Waals surface area contributed by atoms with Crippen LogP contribution in [0.5, 0.6) is 0 Å². The van der Waals surface area contributed by atoms with Gasteiger partial charge in [-0.15, -0.1) is 0 Å². The molecule has 0 fully saturated rings. The lowest BCUT2D eigenvalue weighted by Gasteiger charge is -2.29. The molecule has 0 saturated carbocycles. The second-order valence-corrected chi connectivity index (χ2v) is 18.0. The Hall–Kier alpha value is -8.74. The minimum Gasteiger partial charge on any atom is -0.454 e. The highest BCUT2D eigenvalue weighted by molar-refractivity contribution is 6.88. The van der Waals surface area contributed by atoms with E-state index < -0.39 is 0 Å². The summed E-state index contributed by atoms with van der Waals surface area (Å²) in [5, 5.41) is 12.1. The Morgan fingerprint density at radius 3 is 1.47 bits per heavy atom. The third-order valence-corrected chi connectivity index (χ3v) is 14.8. The zero-order valence-corrected chi connectivity index (χ0v) is 35.5. The van der Waals surface area contributed by atoms with E-state index in [0.717, 1.165) is 38.8 Å². The summed E-state index contributed by atoms with van der Waals surface area (Å²) in [6.07, 6.45) is 0. The molecule has 304 valence electrons. The van der Waals surface area contributed by atoms with Gasteiger partial charge in [-0.2, -0.15) is 0 Å². The van der Waals surface area contributed by atoms with Crippen molar-refractivity contribution in [3.63, 3.8) is 0 Å². The Labute approximate surface area is 377 Å². The normalized spacial score (nSPS) is 12.8. The summed E-state index contributed by atoms with van der Waals surface area (Å²) in [5.74, 6) is 0. The van der Waals surface area contributed by atoms with Crippen LogP contribution in [0.3, 0.4) is 0 Å². The molecular weight excluding hydrogens is 803 g/mol. The van der Waals surface area contributed by atoms with Crippen LogP contribution in [-0.2, 0) is 0 Å². The fourth-order valence-corrected chi connectivity index (χ4v) is 12.2. The number of benzene rings is 10. The molecule has 5 nitrogen and oxygen atoms in total. The zero-order chi connectivity index (χ0) is 42.8. The maximum Gasteiger partial charge on any atom is 0.332 e. The molecule has 0 aliphatic carbocycles. The lowest BCUT2D eigenvalue weighted by Crippen LogP contribution is -2.53. The topological polar surface area (TPSA) is 32.9 Å². The van der Waals surface area contributed by atoms with Gasteiger partial charge in [0.1, 0.15) is 5.58 Å². The fourth-order valence-electron chi connectivity index (χ4n) is 12.2. The van der Waals surface area contributed by atoms with Crippen molar-refractivity contribution < 1.29 is 4.42 Å². The van der Waals surface area contributed by atoms with Crippen molar-refractivity contribution in [3.8, 4) is 17.1 Å². The molecule has 15 aromatic rings. The number of furan rings is 1. The predicted molar refractivity (Wildman–Crippen MR) is 277 cm³/mol. The van der Waals surface area contributed by atoms with Crippen molar-refractivity contribution in [1.29, 1.82) is 0 Å². The molecule has 0 radical (unpaired) electrons. The van der Waals surface area contributed by atoms with Gasteiger partial charge in [-0.3, -0.25) is 0 Å². The second kappa shape index (κ2) is 12.5. The summed E-state index contributed by atoms with van der Waals surface area (Å²) in [4.78, 5) is 0. The van der Waals surface area contributed by atoms with Gasteiger partial charge in [0.2, 0.25) is 0 Å². The van der Waals surface area contributed by atoms with Gasteiger partial charge in [0.05, 0.1) is 38.6 Å². The van der Waals surface area contributed by atoms with Gasteiger partial charge in [-0.25, -0.2) is 0 Å². The van der Waals surface area contributed by atoms with Crippen LogP contribution in [-0.4, -0.2) is 25.0 Å². The van der Waals surface area contributed by atoms with Crippen molar-refractivity contribution in [3.05, 3.63) is 212 Å². The summed E-state index contributed by atoms with van der Waals surface area (Å²) in [6, 6.07) is 78.3. The Balaban J connectivity index is 1.09. The molecule has 10 aromatic carbocycles. The number of hydrogen-bond acceptors (Lipinski definition) is 1. The number of rotatable bonds is 3. The smallest absolute Gasteiger partial charge is 0.332 e. The first-order valence-electron chi connectivity index (χ1n) is 22.8. The third-order valence-electron chi connectivity index (χ3n) is 14.8. The SMILES string of the molecule is c1ccc2c(c1)B(n1c3ccccc3c3ccc4c5ccccc5oc4c31)c1cc(-n3c4ccccc4c4ccccc43)cc3c4cc(-n5c6ccccc6c6ccccc65)ccc4n-2c13. The van der Waals surface area contributed by atoms with Gasteiger partial charge in [0.15, 0.2) is 5.58 Å². The van der Waals surface area contributed by atoms with Crippen LogP contribution in [0.15, 0.2) is 217 Å². The summed E-state index contributed by atoms with van der Waals surface area (Å²) >= 11 is 0. The number of nitrogens with zero attached hydrogens (tertiary/aromatic N) is 4. The fraction of sp³-hybridized carbons (Fsp3) is 0. The Morgan fingerprint density at radius 2 is 0.803 bits per heavy atom. The van der Waals surface area contributed by atoms with Gasteiger partial charge in [0, 0.05) is 76.4 Å². The van der Waals surface area contributed by atoms with Crippen LogP contribution in [0.2, 0.25) is 0 Å². The summed E-state index contributed by atoms with van der Waals surface area (Å²) < 4.78 is 17.0. The minimum absolute atomic E-state index is 0.202. The van der Waals surface area contributed by atoms with Crippen molar-refractivity contribution in [1.82, 2.24) is 18.2 Å². The molecule has 1 aliphatic rings. The van der Waals surface area contributed by atoms with Gasteiger partial charge in [-0.1, -0.05) is 133 Å². The maximum absolute atomic E-state index is 6.96. The van der Waals surface area contributed by atoms with E-state index in [1.54, 1.807) is 0 Å². The Morgan fingerprint density at radius 1 is 0.303 bits per heavy atom. The van der Waals surface area contributed by atoms with Crippen LogP contribution in [0, 0.1) is 0 Å². The molecule has 5 aromatic heterocycles. The Bertz CT molecular complexity index is 4510. The monoisotopic (exact) mass is 838 g/mol. The molecule has 0 bridgehead atoms. The molecule has 0 atom stereocenters. The molecule has 6 heteroatoms. The average molecular weight is 839 g/mol. The molecule has 0 N–H and O–H groups in total. The summed E-state index contributed by atoms with van der Waals surface area (Å²) in [6.45, 7) is -0.202. The van der Waals surface area contributed by atoms with E-state index in [-0.39, 0.29) is 6.85 Å². The molecule has 16 rings (SSSR count). The standard InChI is InChI=1S/C60H35BN4O/c1-8-22-50-38(15-1)39-16-2-9-23-51(39)62(50)36-29-32-54-46(33-36)47-34-37(63-52-24-10-3-17-40(52)41-18-4-11-25-53(41)63)35-49-58(47)64(54)56-27-13-7-21-48(56)61(49)65-55-26-12-5-19-42(55)44-30-31-45-43-20-6-14-28-57(43)66-60(45)59(44)65/h1-35H. The lowest BCUT2D eigenvalue weighted by atomic mass is 9.48. The second-order valence-electron chi connectivity index (χ2n) is 18.0. The summed E-state index contributed by atoms with van der Waals surface area (Å²) in [7, 11) is 0. The van der Waals surface area contributed by atoms with Crippen LogP contribution < -0.4 is 10.9 Å². The summed E-state index contributed by atoms with van der Waals surface area (Å²) in [5.41, 5.74) is 17.2. The van der Waals surface area contributed by atoms with E-state index in [9.17, 15) is 0 Å². The van der Waals surface area contributed by atoms with Crippen molar-refractivity contribution in [2.75, 3.05) is 0 Å². The van der Waals surface area contributed by atoms with Crippen LogP contribution in [0.25, 0.3) is 126 Å². The number of para-hydroxylation sites is 7. The maximum atomic E-state index is 6.96. The third kappa shape index (κ3) is 4.31. The minimum atomic E-state index is -0.202. The molecule has 1 aliphatic heterocycles. The molecule has 6 heterocycles. The Kier molecular flexibility index (Phi) is 6.57. The van der Waals surface area contributed by atoms with E-state index in [1.807, 2.05) is 0 Å². The first kappa shape index (κ1) is 34.7. The van der Waals surface area contributed by atoms with E-state index in [4.69, 9.17) is 4.42 Å². The highest BCUT2D eigenvalue weighted by Gasteiger charge is 2.38. The van der Waals surface area contributed by atoms with E-state index >= 15 is 0 Å². The van der Waals surface area contributed by atoms with Crippen molar-refractivity contribution in [2.24, 2.45) is 0 Å². The number of fused-ring (bicyclic) bond motifs is 18. The highest BCUT2D eigenvalue weighted by atomic mass is 16.3. The van der Waals surface area contributed by atoms with Gasteiger partial charge in [-0.05, 0) is 89.8 Å². The molecule has 0 spiro atoms. The molecule has 66 heavy (non-hydrogen) atoms. The van der Waals surface area contributed by atoms with Gasteiger partial charge < -0.3 is 22.6 Å². The first-order chi connectivity index (χ1) is 32.8. The van der Waals surface area contributed by atoms with Crippen LogP contribution >= 0.6 is 0 Å². The molecular formula is C60H35BN4O. The molecule has 0 amide bonds. The van der Waals surface area contributed by atoms with Gasteiger partial charge >= 0.3 is 6.85 Å². The van der Waals surface area contributed by atoms with Gasteiger partial charge in [0.25, 0.3) is 0 Å². The molecule has 0 saturated heterocycles. The highest BCUT2D eigenvalue weighted by Crippen LogP contribution is 2.43. The quantitative estimate of drug-likeness (QED) is 0.163. The lowest BCUT2D eigenvalue weighted by molar-refractivity contribution is 0.671. The predicted octanol–water partition coefficient (Wildman–Crippen LogP) is 14.0. The number of hydrogen-bond donors (Lipinski definition) is 0. The van der Waals surface area contributed by atoms with Crippen LogP contribution in [0.4, 0.5) is 0 Å². The largest absolute Gasteiger partial charge is 0.454 e. The van der Waals surface area contributed by atoms with Crippen molar-refractivity contribution >= 4 is 127 Å². The molecule has 0 unspecified atom stereocenters.